The molecule has 0 bridgehead atoms. The smallest absolute Gasteiger partial charge is 0.233 e. The van der Waals surface area contributed by atoms with Crippen molar-refractivity contribution in [3.05, 3.63) is 0 Å². The average molecular weight is 262 g/mol. The van der Waals surface area contributed by atoms with E-state index in [0.717, 1.165) is 12.8 Å². The zero-order chi connectivity index (χ0) is 14.2. The van der Waals surface area contributed by atoms with E-state index in [2.05, 4.69) is 13.0 Å². The molecule has 4 nitrogen and oxygen atoms in total. The Labute approximate surface area is 114 Å². The number of hydrogen-bond donors (Lipinski definition) is 0. The molecule has 104 valence electrons. The lowest BCUT2D eigenvalue weighted by molar-refractivity contribution is -0.140. The predicted octanol–water partition coefficient (Wildman–Crippen LogP) is 2.35. The van der Waals surface area contributed by atoms with Crippen LogP contribution in [0.4, 0.5) is 0 Å². The Morgan fingerprint density at radius 1 is 1.26 bits per heavy atom. The number of fused-ring (bicyclic) bond motifs is 1. The summed E-state index contributed by atoms with van der Waals surface area (Å²) in [5, 5.41) is 8.95. The van der Waals surface area contributed by atoms with Crippen molar-refractivity contribution in [1.82, 2.24) is 4.90 Å². The van der Waals surface area contributed by atoms with Gasteiger partial charge in [-0.15, -0.1) is 0 Å². The van der Waals surface area contributed by atoms with Crippen LogP contribution in [0.1, 0.15) is 46.5 Å². The number of carbonyl (C=O) groups excluding carboxylic acids is 2. The summed E-state index contributed by atoms with van der Waals surface area (Å²) in [5.74, 6) is 0.406. The van der Waals surface area contributed by atoms with Gasteiger partial charge >= 0.3 is 0 Å². The van der Waals surface area contributed by atoms with E-state index in [9.17, 15) is 9.59 Å². The molecule has 1 heterocycles. The highest BCUT2D eigenvalue weighted by Crippen LogP contribution is 2.43. The fourth-order valence-corrected chi connectivity index (χ4v) is 3.30. The summed E-state index contributed by atoms with van der Waals surface area (Å²) in [5.41, 5.74) is -0.379. The molecule has 2 unspecified atom stereocenters. The maximum atomic E-state index is 12.2. The maximum absolute atomic E-state index is 12.2. The molecule has 2 atom stereocenters. The zero-order valence-electron chi connectivity index (χ0n) is 12.0. The van der Waals surface area contributed by atoms with Crippen LogP contribution in [-0.4, -0.2) is 23.3 Å². The molecule has 0 radical (unpaired) electrons. The lowest BCUT2D eigenvalue weighted by Crippen LogP contribution is -2.33. The van der Waals surface area contributed by atoms with Crippen LogP contribution in [0.5, 0.6) is 0 Å². The van der Waals surface area contributed by atoms with Gasteiger partial charge in [0.1, 0.15) is 0 Å². The molecule has 2 amide bonds. The van der Waals surface area contributed by atoms with Gasteiger partial charge in [-0.05, 0) is 45.4 Å². The van der Waals surface area contributed by atoms with Crippen molar-refractivity contribution in [2.45, 2.75) is 46.5 Å². The highest BCUT2D eigenvalue weighted by molar-refractivity contribution is 6.05. The van der Waals surface area contributed by atoms with E-state index in [0.29, 0.717) is 25.3 Å². The van der Waals surface area contributed by atoms with E-state index in [1.54, 1.807) is 0 Å². The Bertz CT molecular complexity index is 412. The SMILES string of the molecule is CC1CC2C(=O)N(CCCC(C)(C)C#N)C(=O)C2C1. The average Bonchev–Trinajstić information content (AvgIpc) is 2.83. The Hall–Kier alpha value is -1.37. The predicted molar refractivity (Wildman–Crippen MR) is 70.7 cm³/mol. The Morgan fingerprint density at radius 3 is 2.26 bits per heavy atom. The fraction of sp³-hybridized carbons (Fsp3) is 0.800. The molecule has 1 saturated heterocycles. The Balaban J connectivity index is 1.91. The topological polar surface area (TPSA) is 61.2 Å². The summed E-state index contributed by atoms with van der Waals surface area (Å²) >= 11 is 0. The van der Waals surface area contributed by atoms with E-state index in [-0.39, 0.29) is 29.1 Å². The van der Waals surface area contributed by atoms with Crippen LogP contribution < -0.4 is 0 Å². The van der Waals surface area contributed by atoms with Crippen LogP contribution in [0, 0.1) is 34.5 Å². The van der Waals surface area contributed by atoms with Crippen LogP contribution in [0.2, 0.25) is 0 Å². The Morgan fingerprint density at radius 2 is 1.79 bits per heavy atom. The molecule has 0 spiro atoms. The number of nitriles is 1. The van der Waals surface area contributed by atoms with E-state index >= 15 is 0 Å². The summed E-state index contributed by atoms with van der Waals surface area (Å²) in [6, 6.07) is 2.25. The van der Waals surface area contributed by atoms with Gasteiger partial charge in [-0.1, -0.05) is 6.92 Å². The quantitative estimate of drug-likeness (QED) is 0.731. The van der Waals surface area contributed by atoms with Crippen LogP contribution in [0.15, 0.2) is 0 Å². The number of rotatable bonds is 4. The van der Waals surface area contributed by atoms with E-state index < -0.39 is 0 Å². The Kier molecular flexibility index (Phi) is 3.66. The van der Waals surface area contributed by atoms with E-state index in [4.69, 9.17) is 5.26 Å². The first-order valence-corrected chi connectivity index (χ1v) is 7.12. The zero-order valence-corrected chi connectivity index (χ0v) is 12.0. The lowest BCUT2D eigenvalue weighted by atomic mass is 9.90. The molecule has 1 saturated carbocycles. The van der Waals surface area contributed by atoms with Gasteiger partial charge in [0, 0.05) is 6.54 Å². The van der Waals surface area contributed by atoms with Gasteiger partial charge in [0.25, 0.3) is 0 Å². The summed E-state index contributed by atoms with van der Waals surface area (Å²) in [6.07, 6.45) is 3.14. The minimum Gasteiger partial charge on any atom is -0.282 e. The highest BCUT2D eigenvalue weighted by Gasteiger charge is 2.51. The molecular weight excluding hydrogens is 240 g/mol. The van der Waals surface area contributed by atoms with Crippen LogP contribution in [0.25, 0.3) is 0 Å². The van der Waals surface area contributed by atoms with Gasteiger partial charge in [0.15, 0.2) is 0 Å². The molecule has 1 aliphatic carbocycles. The molecule has 2 aliphatic rings. The van der Waals surface area contributed by atoms with Crippen molar-refractivity contribution < 1.29 is 9.59 Å². The van der Waals surface area contributed by atoms with Crippen LogP contribution in [0.3, 0.4) is 0 Å². The minimum atomic E-state index is -0.379. The van der Waals surface area contributed by atoms with Gasteiger partial charge in [-0.3, -0.25) is 14.5 Å². The fourth-order valence-electron chi connectivity index (χ4n) is 3.30. The first-order chi connectivity index (χ1) is 8.85. The molecule has 1 aliphatic heterocycles. The second kappa shape index (κ2) is 4.96. The van der Waals surface area contributed by atoms with Crippen molar-refractivity contribution in [3.63, 3.8) is 0 Å². The van der Waals surface area contributed by atoms with Gasteiger partial charge < -0.3 is 0 Å². The molecule has 0 aromatic heterocycles. The van der Waals surface area contributed by atoms with Crippen LogP contribution in [-0.2, 0) is 9.59 Å². The lowest BCUT2D eigenvalue weighted by Gasteiger charge is -2.19. The summed E-state index contributed by atoms with van der Waals surface area (Å²) in [7, 11) is 0. The molecular formula is C15H22N2O2. The van der Waals surface area contributed by atoms with Crippen molar-refractivity contribution >= 4 is 11.8 Å². The second-order valence-electron chi connectivity index (χ2n) is 6.72. The molecule has 0 aromatic rings. The molecule has 4 heteroatoms. The van der Waals surface area contributed by atoms with Gasteiger partial charge in [-0.2, -0.15) is 5.26 Å². The van der Waals surface area contributed by atoms with Crippen molar-refractivity contribution in [3.8, 4) is 6.07 Å². The highest BCUT2D eigenvalue weighted by atomic mass is 16.2. The first kappa shape index (κ1) is 14.0. The van der Waals surface area contributed by atoms with Crippen molar-refractivity contribution in [1.29, 1.82) is 5.26 Å². The number of amides is 2. The molecule has 2 fully saturated rings. The number of nitrogens with zero attached hydrogens (tertiary/aromatic N) is 2. The summed E-state index contributed by atoms with van der Waals surface area (Å²) in [4.78, 5) is 25.9. The third-order valence-corrected chi connectivity index (χ3v) is 4.45. The first-order valence-electron chi connectivity index (χ1n) is 7.12. The molecule has 2 rings (SSSR count). The number of hydrogen-bond acceptors (Lipinski definition) is 3. The van der Waals surface area contributed by atoms with Gasteiger partial charge in [0.2, 0.25) is 11.8 Å². The van der Waals surface area contributed by atoms with Crippen molar-refractivity contribution in [2.24, 2.45) is 23.2 Å². The minimum absolute atomic E-state index is 0.0223. The van der Waals surface area contributed by atoms with Crippen LogP contribution >= 0.6 is 0 Å². The largest absolute Gasteiger partial charge is 0.282 e. The maximum Gasteiger partial charge on any atom is 0.233 e. The monoisotopic (exact) mass is 262 g/mol. The van der Waals surface area contributed by atoms with Gasteiger partial charge in [0.05, 0.1) is 23.3 Å². The molecule has 19 heavy (non-hydrogen) atoms. The number of imide groups is 1. The summed E-state index contributed by atoms with van der Waals surface area (Å²) in [6.45, 7) is 6.36. The number of likely N-dealkylation sites (tertiary alicyclic amines) is 1. The second-order valence-corrected chi connectivity index (χ2v) is 6.72. The standard InChI is InChI=1S/C15H22N2O2/c1-10-7-11-12(8-10)14(19)17(13(11)18)6-4-5-15(2,3)9-16/h10-12H,4-8H2,1-3H3. The molecule has 0 N–H and O–H groups in total. The number of carbonyl (C=O) groups is 2. The normalized spacial score (nSPS) is 30.6. The van der Waals surface area contributed by atoms with Crippen molar-refractivity contribution in [2.75, 3.05) is 6.54 Å². The molecule has 0 aromatic carbocycles. The third-order valence-electron chi connectivity index (χ3n) is 4.45. The van der Waals surface area contributed by atoms with Gasteiger partial charge in [-0.25, -0.2) is 0 Å². The third kappa shape index (κ3) is 2.65. The van der Waals surface area contributed by atoms with E-state index in [1.807, 2.05) is 13.8 Å². The summed E-state index contributed by atoms with van der Waals surface area (Å²) < 4.78 is 0. The van der Waals surface area contributed by atoms with E-state index in [1.165, 1.54) is 4.90 Å².